The van der Waals surface area contributed by atoms with Crippen molar-refractivity contribution < 1.29 is 0 Å². The van der Waals surface area contributed by atoms with E-state index in [1.54, 1.807) is 0 Å². The van der Waals surface area contributed by atoms with Gasteiger partial charge in [0.1, 0.15) is 0 Å². The Labute approximate surface area is 76.8 Å². The first kappa shape index (κ1) is 7.55. The van der Waals surface area contributed by atoms with Gasteiger partial charge in [-0.15, -0.1) is 0 Å². The maximum atomic E-state index is 5.55. The molecule has 2 rings (SSSR count). The highest BCUT2D eigenvalue weighted by atomic mass is 32.1. The van der Waals surface area contributed by atoms with Gasteiger partial charge in [0.15, 0.2) is 0 Å². The summed E-state index contributed by atoms with van der Waals surface area (Å²) in [6.07, 6.45) is 0.922. The van der Waals surface area contributed by atoms with Crippen molar-refractivity contribution >= 4 is 22.9 Å². The third kappa shape index (κ3) is 1.16. The maximum Gasteiger partial charge on any atom is 0.0957 e. The lowest BCUT2D eigenvalue weighted by molar-refractivity contribution is 0.973. The molecule has 62 valence electrons. The number of thiocarbonyl (C=S) groups is 1. The molecule has 0 spiro atoms. The van der Waals surface area contributed by atoms with Gasteiger partial charge in [-0.1, -0.05) is 30.4 Å². The number of para-hydroxylation sites is 1. The van der Waals surface area contributed by atoms with Gasteiger partial charge in [-0.3, -0.25) is 0 Å². The molecule has 0 unspecified atom stereocenters. The van der Waals surface area contributed by atoms with E-state index in [0.29, 0.717) is 4.99 Å². The summed E-state index contributed by atoms with van der Waals surface area (Å²) in [5.41, 5.74) is 8.01. The number of nitrogens with two attached hydrogens (primary N) is 1. The SMILES string of the molecule is NC(=S)[C@@H]1Cc2ccccc2N1. The molecular weight excluding hydrogens is 168 g/mol. The lowest BCUT2D eigenvalue weighted by Gasteiger charge is -2.07. The summed E-state index contributed by atoms with van der Waals surface area (Å²) >= 11 is 4.92. The van der Waals surface area contributed by atoms with Gasteiger partial charge in [0.05, 0.1) is 11.0 Å². The molecule has 0 aliphatic carbocycles. The van der Waals surface area contributed by atoms with E-state index in [1.165, 1.54) is 5.56 Å². The van der Waals surface area contributed by atoms with E-state index < -0.39 is 0 Å². The number of hydrogen-bond acceptors (Lipinski definition) is 2. The van der Waals surface area contributed by atoms with Crippen LogP contribution >= 0.6 is 12.2 Å². The van der Waals surface area contributed by atoms with Crippen LogP contribution < -0.4 is 11.1 Å². The molecule has 12 heavy (non-hydrogen) atoms. The van der Waals surface area contributed by atoms with E-state index >= 15 is 0 Å². The van der Waals surface area contributed by atoms with Crippen molar-refractivity contribution in [2.75, 3.05) is 5.32 Å². The van der Waals surface area contributed by atoms with Crippen LogP contribution in [0.1, 0.15) is 5.56 Å². The second-order valence-electron chi connectivity index (χ2n) is 2.96. The molecule has 0 radical (unpaired) electrons. The Kier molecular flexibility index (Phi) is 1.73. The Bertz CT molecular complexity index is 297. The lowest BCUT2D eigenvalue weighted by atomic mass is 10.1. The third-order valence-corrected chi connectivity index (χ3v) is 2.40. The Balaban J connectivity index is 2.27. The molecule has 0 saturated heterocycles. The Morgan fingerprint density at radius 3 is 2.92 bits per heavy atom. The van der Waals surface area contributed by atoms with Crippen LogP contribution in [0.4, 0.5) is 5.69 Å². The molecule has 1 atom stereocenters. The zero-order chi connectivity index (χ0) is 8.55. The summed E-state index contributed by atoms with van der Waals surface area (Å²) in [5.74, 6) is 0. The number of anilines is 1. The Hall–Kier alpha value is -1.09. The van der Waals surface area contributed by atoms with E-state index in [4.69, 9.17) is 18.0 Å². The fourth-order valence-corrected chi connectivity index (χ4v) is 1.61. The zero-order valence-corrected chi connectivity index (χ0v) is 7.40. The first-order valence-corrected chi connectivity index (χ1v) is 4.32. The predicted octanol–water partition coefficient (Wildman–Crippen LogP) is 1.31. The van der Waals surface area contributed by atoms with Gasteiger partial charge >= 0.3 is 0 Å². The standard InChI is InChI=1S/C9H10N2S/c10-9(12)8-5-6-3-1-2-4-7(6)11-8/h1-4,8,11H,5H2,(H2,10,12)/t8-/m0/s1. The molecule has 0 bridgehead atoms. The molecule has 3 N–H and O–H groups in total. The summed E-state index contributed by atoms with van der Waals surface area (Å²) in [7, 11) is 0. The Morgan fingerprint density at radius 1 is 1.50 bits per heavy atom. The molecule has 0 amide bonds. The number of benzene rings is 1. The van der Waals surface area contributed by atoms with E-state index in [-0.39, 0.29) is 6.04 Å². The first-order chi connectivity index (χ1) is 5.77. The molecule has 2 nitrogen and oxygen atoms in total. The van der Waals surface area contributed by atoms with E-state index in [0.717, 1.165) is 12.1 Å². The van der Waals surface area contributed by atoms with Crippen molar-refractivity contribution in [2.45, 2.75) is 12.5 Å². The van der Waals surface area contributed by atoms with Crippen molar-refractivity contribution in [2.24, 2.45) is 5.73 Å². The van der Waals surface area contributed by atoms with Crippen LogP contribution in [0.25, 0.3) is 0 Å². The number of nitrogens with one attached hydrogen (secondary N) is 1. The lowest BCUT2D eigenvalue weighted by Crippen LogP contribution is -2.31. The molecule has 0 aromatic heterocycles. The highest BCUT2D eigenvalue weighted by Gasteiger charge is 2.21. The summed E-state index contributed by atoms with van der Waals surface area (Å²) in [6, 6.07) is 8.34. The van der Waals surface area contributed by atoms with Crippen molar-refractivity contribution in [1.82, 2.24) is 0 Å². The van der Waals surface area contributed by atoms with Gasteiger partial charge < -0.3 is 11.1 Å². The zero-order valence-electron chi connectivity index (χ0n) is 6.58. The molecule has 1 aromatic rings. The molecule has 1 aliphatic heterocycles. The summed E-state index contributed by atoms with van der Waals surface area (Å²) in [4.78, 5) is 0.547. The van der Waals surface area contributed by atoms with Crippen LogP contribution in [0.5, 0.6) is 0 Å². The van der Waals surface area contributed by atoms with E-state index in [1.807, 2.05) is 18.2 Å². The van der Waals surface area contributed by atoms with Crippen LogP contribution in [0, 0.1) is 0 Å². The number of fused-ring (bicyclic) bond motifs is 1. The fraction of sp³-hybridized carbons (Fsp3) is 0.222. The van der Waals surface area contributed by atoms with Crippen molar-refractivity contribution in [1.29, 1.82) is 0 Å². The van der Waals surface area contributed by atoms with Crippen molar-refractivity contribution in [3.05, 3.63) is 29.8 Å². The van der Waals surface area contributed by atoms with Gasteiger partial charge in [0.2, 0.25) is 0 Å². The average molecular weight is 178 g/mol. The molecule has 3 heteroatoms. The van der Waals surface area contributed by atoms with Crippen LogP contribution in [0.3, 0.4) is 0 Å². The normalized spacial score (nSPS) is 19.8. The minimum Gasteiger partial charge on any atom is -0.392 e. The van der Waals surface area contributed by atoms with Crippen LogP contribution in [-0.4, -0.2) is 11.0 Å². The maximum absolute atomic E-state index is 5.55. The number of hydrogen-bond donors (Lipinski definition) is 2. The van der Waals surface area contributed by atoms with Crippen molar-refractivity contribution in [3.8, 4) is 0 Å². The second-order valence-corrected chi connectivity index (χ2v) is 3.43. The van der Waals surface area contributed by atoms with Gasteiger partial charge in [-0.05, 0) is 11.6 Å². The third-order valence-electron chi connectivity index (χ3n) is 2.11. The molecular formula is C9H10N2S. The van der Waals surface area contributed by atoms with Crippen LogP contribution in [0.15, 0.2) is 24.3 Å². The summed E-state index contributed by atoms with van der Waals surface area (Å²) in [5, 5.41) is 3.27. The van der Waals surface area contributed by atoms with Gasteiger partial charge in [-0.25, -0.2) is 0 Å². The molecule has 1 aliphatic rings. The molecule has 1 aromatic carbocycles. The minimum atomic E-state index is 0.150. The molecule has 1 heterocycles. The van der Waals surface area contributed by atoms with Crippen LogP contribution in [0.2, 0.25) is 0 Å². The second kappa shape index (κ2) is 2.75. The molecule has 0 saturated carbocycles. The largest absolute Gasteiger partial charge is 0.392 e. The molecule has 0 fully saturated rings. The predicted molar refractivity (Wildman–Crippen MR) is 54.3 cm³/mol. The monoisotopic (exact) mass is 178 g/mol. The summed E-state index contributed by atoms with van der Waals surface area (Å²) < 4.78 is 0. The Morgan fingerprint density at radius 2 is 2.25 bits per heavy atom. The smallest absolute Gasteiger partial charge is 0.0957 e. The van der Waals surface area contributed by atoms with Crippen LogP contribution in [-0.2, 0) is 6.42 Å². The average Bonchev–Trinajstić information content (AvgIpc) is 2.46. The van der Waals surface area contributed by atoms with E-state index in [9.17, 15) is 0 Å². The highest BCUT2D eigenvalue weighted by Crippen LogP contribution is 2.24. The van der Waals surface area contributed by atoms with Crippen molar-refractivity contribution in [3.63, 3.8) is 0 Å². The minimum absolute atomic E-state index is 0.150. The quantitative estimate of drug-likeness (QED) is 0.637. The topological polar surface area (TPSA) is 38.0 Å². The first-order valence-electron chi connectivity index (χ1n) is 3.91. The summed E-state index contributed by atoms with van der Waals surface area (Å²) in [6.45, 7) is 0. The van der Waals surface area contributed by atoms with Gasteiger partial charge in [-0.2, -0.15) is 0 Å². The highest BCUT2D eigenvalue weighted by molar-refractivity contribution is 7.80. The number of rotatable bonds is 1. The fourth-order valence-electron chi connectivity index (χ4n) is 1.47. The van der Waals surface area contributed by atoms with Gasteiger partial charge in [0.25, 0.3) is 0 Å². The van der Waals surface area contributed by atoms with E-state index in [2.05, 4.69) is 11.4 Å². The van der Waals surface area contributed by atoms with Gasteiger partial charge in [0, 0.05) is 12.1 Å².